The Labute approximate surface area is 231 Å². The van der Waals surface area contributed by atoms with Gasteiger partial charge in [-0.3, -0.25) is 4.79 Å². The summed E-state index contributed by atoms with van der Waals surface area (Å²) >= 11 is 0. The molecule has 3 aromatic carbocycles. The number of hydrogen-bond donors (Lipinski definition) is 2. The number of nitrogens with two attached hydrogens (primary N) is 1. The van der Waals surface area contributed by atoms with Gasteiger partial charge >= 0.3 is 17.9 Å². The normalized spacial score (nSPS) is 12.0. The molecule has 0 bridgehead atoms. The van der Waals surface area contributed by atoms with E-state index in [1.54, 1.807) is 0 Å². The van der Waals surface area contributed by atoms with Crippen LogP contribution in [0.2, 0.25) is 0 Å². The molecule has 3 rings (SSSR count). The summed E-state index contributed by atoms with van der Waals surface area (Å²) < 4.78 is 11.0. The second-order valence-electron chi connectivity index (χ2n) is 8.77. The summed E-state index contributed by atoms with van der Waals surface area (Å²) in [6, 6.07) is 15.5. The van der Waals surface area contributed by atoms with Crippen molar-refractivity contribution in [2.24, 2.45) is 5.73 Å². The van der Waals surface area contributed by atoms with Crippen LogP contribution < -0.4 is 15.2 Å². The number of aliphatic carboxylic acids is 1. The van der Waals surface area contributed by atoms with Crippen molar-refractivity contribution in [3.8, 4) is 11.5 Å². The lowest BCUT2D eigenvalue weighted by Gasteiger charge is -2.20. The second kappa shape index (κ2) is 13.0. The Morgan fingerprint density at radius 3 is 1.73 bits per heavy atom. The third-order valence-corrected chi connectivity index (χ3v) is 5.60. The van der Waals surface area contributed by atoms with E-state index in [1.807, 2.05) is 0 Å². The van der Waals surface area contributed by atoms with Gasteiger partial charge < -0.3 is 30.0 Å². The average Bonchev–Trinajstić information content (AvgIpc) is 2.92. The molecule has 0 aliphatic heterocycles. The van der Waals surface area contributed by atoms with Crippen molar-refractivity contribution in [1.82, 2.24) is 0 Å². The highest BCUT2D eigenvalue weighted by molar-refractivity contribution is 5.94. The van der Waals surface area contributed by atoms with Gasteiger partial charge in [-0.25, -0.2) is 9.59 Å². The van der Waals surface area contributed by atoms with E-state index in [-0.39, 0.29) is 40.2 Å². The van der Waals surface area contributed by atoms with E-state index in [0.717, 1.165) is 0 Å². The van der Waals surface area contributed by atoms with Crippen LogP contribution in [-0.2, 0) is 34.1 Å². The van der Waals surface area contributed by atoms with Crippen LogP contribution in [0.5, 0.6) is 11.5 Å². The fourth-order valence-electron chi connectivity index (χ4n) is 3.57. The van der Waals surface area contributed by atoms with Crippen molar-refractivity contribution in [3.05, 3.63) is 115 Å². The summed E-state index contributed by atoms with van der Waals surface area (Å²) in [5, 5.41) is 28.6. The van der Waals surface area contributed by atoms with Crippen molar-refractivity contribution >= 4 is 17.9 Å². The van der Waals surface area contributed by atoms with Crippen molar-refractivity contribution in [1.29, 1.82) is 0 Å². The zero-order chi connectivity index (χ0) is 30.2. The van der Waals surface area contributed by atoms with Crippen LogP contribution in [0, 0.1) is 20.2 Å². The molecule has 41 heavy (non-hydrogen) atoms. The quantitative estimate of drug-likeness (QED) is 0.131. The van der Waals surface area contributed by atoms with Gasteiger partial charge in [-0.15, -0.1) is 20.2 Å². The number of rotatable bonds is 13. The van der Waals surface area contributed by atoms with Gasteiger partial charge in [0.05, 0.1) is 11.1 Å². The lowest BCUT2D eigenvalue weighted by molar-refractivity contribution is -0.763. The first-order chi connectivity index (χ1) is 19.4. The van der Waals surface area contributed by atoms with E-state index in [0.29, 0.717) is 5.56 Å². The van der Waals surface area contributed by atoms with E-state index < -0.39 is 46.8 Å². The number of esters is 2. The molecule has 0 fully saturated rings. The maximum absolute atomic E-state index is 13.1. The van der Waals surface area contributed by atoms with Gasteiger partial charge in [-0.05, 0) is 47.9 Å². The molecule has 0 aromatic heterocycles. The Morgan fingerprint density at radius 2 is 1.27 bits per heavy atom. The minimum atomic E-state index is -1.69. The fraction of sp³-hybridized carbons (Fsp3) is 0.192. The van der Waals surface area contributed by atoms with Gasteiger partial charge in [0.2, 0.25) is 0 Å². The molecule has 0 heterocycles. The zero-order valence-electron chi connectivity index (χ0n) is 21.4. The molecule has 3 N–H and O–H groups in total. The van der Waals surface area contributed by atoms with Crippen molar-refractivity contribution in [2.75, 3.05) is 0 Å². The Morgan fingerprint density at radius 1 is 0.805 bits per heavy atom. The Hall–Kier alpha value is -5.57. The summed E-state index contributed by atoms with van der Waals surface area (Å²) in [6.07, 6.45) is -0.199. The number of nitrogens with zero attached hydrogens (tertiary/aromatic N) is 2. The highest BCUT2D eigenvalue weighted by Gasteiger charge is 2.29. The van der Waals surface area contributed by atoms with Gasteiger partial charge in [0.15, 0.2) is 11.5 Å². The molecule has 1 unspecified atom stereocenters. The smallest absolute Gasteiger partial charge is 0.344 e. The van der Waals surface area contributed by atoms with Crippen LogP contribution >= 0.6 is 0 Å². The minimum Gasteiger partial charge on any atom is -0.480 e. The summed E-state index contributed by atoms with van der Waals surface area (Å²) in [7, 11) is 0. The molecule has 15 nitrogen and oxygen atoms in total. The Balaban J connectivity index is 1.97. The van der Waals surface area contributed by atoms with Crippen LogP contribution in [0.1, 0.15) is 44.3 Å². The maximum atomic E-state index is 13.1. The highest BCUT2D eigenvalue weighted by Crippen LogP contribution is 2.32. The summed E-state index contributed by atoms with van der Waals surface area (Å²) in [6.45, 7) is 0.198. The molecule has 3 aromatic rings. The number of carbonyl (C=O) groups excluding carboxylic acids is 2. The van der Waals surface area contributed by atoms with Crippen molar-refractivity contribution in [3.63, 3.8) is 0 Å². The van der Waals surface area contributed by atoms with E-state index in [2.05, 4.69) is 9.68 Å². The number of benzene rings is 3. The molecule has 0 aliphatic rings. The minimum absolute atomic E-state index is 0.0709. The molecule has 0 radical (unpaired) electrons. The van der Waals surface area contributed by atoms with Crippen molar-refractivity contribution in [2.45, 2.75) is 32.1 Å². The summed E-state index contributed by atoms with van der Waals surface area (Å²) in [5.74, 6) is -3.81. The van der Waals surface area contributed by atoms with Gasteiger partial charge in [-0.2, -0.15) is 0 Å². The summed E-state index contributed by atoms with van der Waals surface area (Å²) in [4.78, 5) is 67.6. The largest absolute Gasteiger partial charge is 0.480 e. The molecule has 214 valence electrons. The summed E-state index contributed by atoms with van der Waals surface area (Å²) in [5.41, 5.74) is 4.58. The number of hydrogen-bond acceptors (Lipinski definition) is 12. The van der Waals surface area contributed by atoms with Crippen LogP contribution in [0.15, 0.2) is 66.7 Å². The number of carbonyl (C=O) groups is 3. The molecule has 0 aliphatic carbocycles. The van der Waals surface area contributed by atoms with E-state index >= 15 is 0 Å². The molecule has 1 atom stereocenters. The van der Waals surface area contributed by atoms with E-state index in [9.17, 15) is 39.7 Å². The zero-order valence-corrected chi connectivity index (χ0v) is 21.4. The third kappa shape index (κ3) is 8.21. The molecule has 0 saturated carbocycles. The molecular weight excluding hydrogens is 546 g/mol. The Kier molecular flexibility index (Phi) is 9.50. The predicted octanol–water partition coefficient (Wildman–Crippen LogP) is 2.89. The topological polar surface area (TPSA) is 221 Å². The highest BCUT2D eigenvalue weighted by atomic mass is 17.0. The van der Waals surface area contributed by atoms with E-state index in [1.165, 1.54) is 73.7 Å². The molecule has 0 saturated heterocycles. The van der Waals surface area contributed by atoms with Gasteiger partial charge in [0.1, 0.15) is 18.8 Å². The molecular formula is C26H23N3O12. The SMILES string of the molecule is CC(N)(Cc1ccc(OC(=O)c2ccccc2CO[N+](=O)[O-])c(OC(=O)c2ccccc2CO[N+](=O)[O-])c1)C(=O)O. The van der Waals surface area contributed by atoms with Gasteiger partial charge in [-0.1, -0.05) is 42.5 Å². The predicted molar refractivity (Wildman–Crippen MR) is 137 cm³/mol. The number of ether oxygens (including phenoxy) is 2. The molecule has 15 heteroatoms. The first kappa shape index (κ1) is 30.0. The van der Waals surface area contributed by atoms with Crippen molar-refractivity contribution < 1.29 is 48.8 Å². The standard InChI is InChI=1S/C26H23N3O12/c1-26(27,25(32)33)13-16-10-11-21(40-23(30)19-8-4-2-6-17(19)14-38-28(34)35)22(12-16)41-24(31)20-9-5-3-7-18(20)15-39-29(36)37/h2-12H,13-15,27H2,1H3,(H,32,33). The van der Waals surface area contributed by atoms with E-state index in [4.69, 9.17) is 15.2 Å². The molecule has 0 spiro atoms. The lowest BCUT2D eigenvalue weighted by atomic mass is 9.94. The fourth-order valence-corrected chi connectivity index (χ4v) is 3.57. The monoisotopic (exact) mass is 569 g/mol. The Bertz CT molecular complexity index is 1490. The third-order valence-electron chi connectivity index (χ3n) is 5.60. The van der Waals surface area contributed by atoms with Crippen LogP contribution in [0.4, 0.5) is 0 Å². The number of carboxylic acid groups (broad SMARTS) is 1. The van der Waals surface area contributed by atoms with Gasteiger partial charge in [0, 0.05) is 6.42 Å². The molecule has 0 amide bonds. The average molecular weight is 569 g/mol. The number of carboxylic acids is 1. The van der Waals surface area contributed by atoms with Gasteiger partial charge in [0.25, 0.3) is 10.2 Å². The van der Waals surface area contributed by atoms with Crippen LogP contribution in [0.3, 0.4) is 0 Å². The first-order valence-electron chi connectivity index (χ1n) is 11.7. The second-order valence-corrected chi connectivity index (χ2v) is 8.77. The maximum Gasteiger partial charge on any atom is 0.344 e. The van der Waals surface area contributed by atoms with Crippen LogP contribution in [0.25, 0.3) is 0 Å². The lowest BCUT2D eigenvalue weighted by Crippen LogP contribution is -2.46. The van der Waals surface area contributed by atoms with Crippen LogP contribution in [-0.4, -0.2) is 38.7 Å². The first-order valence-corrected chi connectivity index (χ1v) is 11.7.